The Morgan fingerprint density at radius 2 is 2.00 bits per heavy atom. The maximum absolute atomic E-state index is 12.5. The fourth-order valence-electron chi connectivity index (χ4n) is 2.79. The molecule has 27 heavy (non-hydrogen) atoms. The number of hydrogen-bond donors (Lipinski definition) is 1. The van der Waals surface area contributed by atoms with Gasteiger partial charge in [-0.2, -0.15) is 0 Å². The summed E-state index contributed by atoms with van der Waals surface area (Å²) in [7, 11) is 5.29. The van der Waals surface area contributed by atoms with Gasteiger partial charge in [0, 0.05) is 9.86 Å². The maximum atomic E-state index is 12.5. The van der Waals surface area contributed by atoms with Gasteiger partial charge < -0.3 is 9.84 Å². The summed E-state index contributed by atoms with van der Waals surface area (Å²) in [5, 5.41) is 19.2. The predicted octanol–water partition coefficient (Wildman–Crippen LogP) is 4.56. The van der Waals surface area contributed by atoms with Gasteiger partial charge in [0.1, 0.15) is 5.75 Å². The van der Waals surface area contributed by atoms with Crippen LogP contribution in [0.4, 0.5) is 5.69 Å². The van der Waals surface area contributed by atoms with Crippen LogP contribution in [0.1, 0.15) is 10.4 Å². The highest BCUT2D eigenvalue weighted by molar-refractivity contribution is 9.10. The van der Waals surface area contributed by atoms with E-state index in [9.17, 15) is 9.90 Å². The highest BCUT2D eigenvalue weighted by Gasteiger charge is 2.18. The minimum atomic E-state index is -0.546. The maximum Gasteiger partial charge on any atom is 0.299 e. The zero-order valence-electron chi connectivity index (χ0n) is 15.2. The van der Waals surface area contributed by atoms with Crippen LogP contribution in [0.5, 0.6) is 11.6 Å². The summed E-state index contributed by atoms with van der Waals surface area (Å²) in [4.78, 5) is 14.4. The van der Waals surface area contributed by atoms with Crippen molar-refractivity contribution in [2.24, 2.45) is 10.2 Å². The number of halogens is 1. The van der Waals surface area contributed by atoms with Gasteiger partial charge >= 0.3 is 0 Å². The molecule has 140 valence electrons. The van der Waals surface area contributed by atoms with Crippen molar-refractivity contribution in [2.75, 3.05) is 21.2 Å². The van der Waals surface area contributed by atoms with E-state index in [1.807, 2.05) is 37.2 Å². The van der Waals surface area contributed by atoms with E-state index >= 15 is 0 Å². The third kappa shape index (κ3) is 3.86. The number of hydrogen-bond acceptors (Lipinski definition) is 5. The van der Waals surface area contributed by atoms with Gasteiger partial charge in [-0.15, -0.1) is 10.2 Å². The Labute approximate surface area is 165 Å². The first kappa shape index (κ1) is 19.1. The molecule has 1 amide bonds. The minimum absolute atomic E-state index is 0.0478. The SMILES string of the molecule is COc1ccccc1C(=O)N=Nc1c(O)n(CN(C)C)c2ccc(Br)cc12. The van der Waals surface area contributed by atoms with Crippen molar-refractivity contribution in [3.8, 4) is 11.6 Å². The van der Waals surface area contributed by atoms with Crippen molar-refractivity contribution < 1.29 is 14.6 Å². The summed E-state index contributed by atoms with van der Waals surface area (Å²) in [6, 6.07) is 12.4. The number of fused-ring (bicyclic) bond motifs is 1. The number of aromatic hydroxyl groups is 1. The van der Waals surface area contributed by atoms with Crippen LogP contribution in [-0.2, 0) is 6.67 Å². The molecule has 3 aromatic rings. The van der Waals surface area contributed by atoms with Crippen LogP contribution in [0.3, 0.4) is 0 Å². The first-order chi connectivity index (χ1) is 12.9. The topological polar surface area (TPSA) is 79.4 Å². The van der Waals surface area contributed by atoms with Crippen LogP contribution in [0.25, 0.3) is 10.9 Å². The van der Waals surface area contributed by atoms with Gasteiger partial charge in [0.15, 0.2) is 5.69 Å². The molecule has 0 aliphatic rings. The van der Waals surface area contributed by atoms with Crippen molar-refractivity contribution in [3.05, 3.63) is 52.5 Å². The Kier molecular flexibility index (Phi) is 5.57. The molecule has 0 spiro atoms. The Balaban J connectivity index is 2.06. The van der Waals surface area contributed by atoms with Crippen LogP contribution in [-0.4, -0.2) is 41.7 Å². The molecule has 0 aliphatic heterocycles. The molecule has 3 rings (SSSR count). The highest BCUT2D eigenvalue weighted by atomic mass is 79.9. The number of methoxy groups -OCH3 is 1. The second-order valence-corrected chi connectivity index (χ2v) is 7.10. The molecule has 0 radical (unpaired) electrons. The number of azo groups is 1. The zero-order valence-corrected chi connectivity index (χ0v) is 16.8. The number of nitrogens with zero attached hydrogens (tertiary/aromatic N) is 4. The molecule has 1 heterocycles. The fraction of sp³-hybridized carbons (Fsp3) is 0.211. The molecule has 8 heteroatoms. The Morgan fingerprint density at radius 3 is 2.70 bits per heavy atom. The first-order valence-electron chi connectivity index (χ1n) is 8.17. The van der Waals surface area contributed by atoms with Crippen molar-refractivity contribution in [3.63, 3.8) is 0 Å². The van der Waals surface area contributed by atoms with Gasteiger partial charge in [-0.1, -0.05) is 28.1 Å². The van der Waals surface area contributed by atoms with Gasteiger partial charge in [0.25, 0.3) is 5.91 Å². The minimum Gasteiger partial charge on any atom is -0.496 e. The molecule has 0 unspecified atom stereocenters. The van der Waals surface area contributed by atoms with Crippen LogP contribution in [0.2, 0.25) is 0 Å². The highest BCUT2D eigenvalue weighted by Crippen LogP contribution is 2.40. The van der Waals surface area contributed by atoms with Crippen molar-refractivity contribution in [1.82, 2.24) is 9.47 Å². The number of para-hydroxylation sites is 1. The molecular weight excluding hydrogens is 412 g/mol. The average molecular weight is 431 g/mol. The van der Waals surface area contributed by atoms with E-state index < -0.39 is 5.91 Å². The number of carbonyl (C=O) groups is 1. The fourth-order valence-corrected chi connectivity index (χ4v) is 3.15. The lowest BCUT2D eigenvalue weighted by Crippen LogP contribution is -2.16. The van der Waals surface area contributed by atoms with Crippen molar-refractivity contribution >= 4 is 38.4 Å². The molecule has 2 aromatic carbocycles. The monoisotopic (exact) mass is 430 g/mol. The largest absolute Gasteiger partial charge is 0.496 e. The van der Waals surface area contributed by atoms with Gasteiger partial charge in [-0.05, 0) is 44.4 Å². The number of benzene rings is 2. The number of aromatic nitrogens is 1. The molecular formula is C19H19BrN4O3. The second-order valence-electron chi connectivity index (χ2n) is 6.19. The van der Waals surface area contributed by atoms with Crippen LogP contribution < -0.4 is 4.74 Å². The van der Waals surface area contributed by atoms with Crippen LogP contribution in [0, 0.1) is 0 Å². The van der Waals surface area contributed by atoms with E-state index in [-0.39, 0.29) is 11.6 Å². The van der Waals surface area contributed by atoms with Gasteiger partial charge in [-0.25, -0.2) is 0 Å². The number of rotatable bonds is 5. The summed E-state index contributed by atoms with van der Waals surface area (Å²) >= 11 is 3.43. The van der Waals surface area contributed by atoms with Crippen molar-refractivity contribution in [2.45, 2.75) is 6.67 Å². The average Bonchev–Trinajstić information content (AvgIpc) is 2.90. The van der Waals surface area contributed by atoms with E-state index in [0.717, 1.165) is 9.99 Å². The van der Waals surface area contributed by atoms with E-state index in [1.54, 1.807) is 28.8 Å². The molecule has 7 nitrogen and oxygen atoms in total. The van der Waals surface area contributed by atoms with Crippen molar-refractivity contribution in [1.29, 1.82) is 0 Å². The lowest BCUT2D eigenvalue weighted by Gasteiger charge is -2.13. The number of ether oxygens (including phenoxy) is 1. The predicted molar refractivity (Wildman–Crippen MR) is 107 cm³/mol. The smallest absolute Gasteiger partial charge is 0.299 e. The lowest BCUT2D eigenvalue weighted by molar-refractivity contribution is 0.0992. The van der Waals surface area contributed by atoms with E-state index in [2.05, 4.69) is 26.2 Å². The molecule has 1 N–H and O–H groups in total. The lowest BCUT2D eigenvalue weighted by atomic mass is 10.2. The molecule has 0 saturated heterocycles. The van der Waals surface area contributed by atoms with Gasteiger partial charge in [0.05, 0.1) is 24.9 Å². The molecule has 1 aromatic heterocycles. The zero-order chi connectivity index (χ0) is 19.6. The molecule has 0 saturated carbocycles. The molecule has 0 bridgehead atoms. The number of carbonyl (C=O) groups excluding carboxylic acids is 1. The summed E-state index contributed by atoms with van der Waals surface area (Å²) in [5.74, 6) is -0.174. The summed E-state index contributed by atoms with van der Waals surface area (Å²) in [6.45, 7) is 0.458. The Morgan fingerprint density at radius 1 is 1.26 bits per heavy atom. The quantitative estimate of drug-likeness (QED) is 0.601. The van der Waals surface area contributed by atoms with E-state index in [4.69, 9.17) is 4.74 Å². The van der Waals surface area contributed by atoms with Crippen LogP contribution >= 0.6 is 15.9 Å². The van der Waals surface area contributed by atoms with E-state index in [0.29, 0.717) is 23.4 Å². The number of amides is 1. The molecule has 0 atom stereocenters. The normalized spacial score (nSPS) is 11.6. The standard InChI is InChI=1S/C19H19BrN4O3/c1-23(2)11-24-15-9-8-12(20)10-14(15)17(19(24)26)21-22-18(25)13-6-4-5-7-16(13)27-3/h4-10,26H,11H2,1-3H3. The summed E-state index contributed by atoms with van der Waals surface area (Å²) in [5.41, 5.74) is 1.35. The summed E-state index contributed by atoms with van der Waals surface area (Å²) < 4.78 is 7.74. The third-order valence-electron chi connectivity index (χ3n) is 3.97. The van der Waals surface area contributed by atoms with Gasteiger partial charge in [-0.3, -0.25) is 14.3 Å². The Bertz CT molecular complexity index is 1030. The molecule has 0 aliphatic carbocycles. The van der Waals surface area contributed by atoms with Crippen LogP contribution in [0.15, 0.2) is 57.2 Å². The summed E-state index contributed by atoms with van der Waals surface area (Å²) in [6.07, 6.45) is 0. The molecule has 0 fully saturated rings. The van der Waals surface area contributed by atoms with Gasteiger partial charge in [0.2, 0.25) is 5.88 Å². The third-order valence-corrected chi connectivity index (χ3v) is 4.47. The Hall–Kier alpha value is -2.71. The van der Waals surface area contributed by atoms with E-state index in [1.165, 1.54) is 7.11 Å². The second kappa shape index (κ2) is 7.89. The first-order valence-corrected chi connectivity index (χ1v) is 8.96.